The number of benzene rings is 3. The molecule has 2 heterocycles. The van der Waals surface area contributed by atoms with Gasteiger partial charge in [-0.25, -0.2) is 0 Å². The number of aryl methyl sites for hydroxylation is 1. The lowest BCUT2D eigenvalue weighted by Gasteiger charge is -2.16. The number of fused-ring (bicyclic) bond motifs is 2. The number of aromatic nitrogens is 3. The number of pyridine rings is 1. The molecule has 0 fully saturated rings. The number of carbonyl (C=O) groups excluding carboxylic acids is 1. The van der Waals surface area contributed by atoms with Gasteiger partial charge in [0.25, 0.3) is 5.56 Å². The van der Waals surface area contributed by atoms with Gasteiger partial charge in [0.05, 0.1) is 28.4 Å². The molecular weight excluding hydrogens is 521 g/mol. The summed E-state index contributed by atoms with van der Waals surface area (Å²) in [6, 6.07) is 16.3. The first-order chi connectivity index (χ1) is 19.0. The summed E-state index contributed by atoms with van der Waals surface area (Å²) in [6.45, 7) is -0.107. The highest BCUT2D eigenvalue weighted by atomic mass is 19.4. The molecule has 0 aliphatic carbocycles. The number of rotatable bonds is 7. The van der Waals surface area contributed by atoms with Crippen molar-refractivity contribution in [3.05, 3.63) is 94.5 Å². The molecule has 11 heteroatoms. The van der Waals surface area contributed by atoms with Crippen molar-refractivity contribution in [3.8, 4) is 0 Å². The molecule has 1 amide bonds. The van der Waals surface area contributed by atoms with E-state index in [-0.39, 0.29) is 18.8 Å². The Morgan fingerprint density at radius 3 is 2.55 bits per heavy atom. The molecule has 0 saturated carbocycles. The molecule has 0 spiro atoms. The lowest BCUT2D eigenvalue weighted by Crippen LogP contribution is -2.27. The van der Waals surface area contributed by atoms with Gasteiger partial charge in [0.1, 0.15) is 6.54 Å². The van der Waals surface area contributed by atoms with E-state index in [1.165, 1.54) is 16.8 Å². The van der Waals surface area contributed by atoms with Gasteiger partial charge in [-0.2, -0.15) is 18.3 Å². The van der Waals surface area contributed by atoms with E-state index in [1.807, 2.05) is 31.3 Å². The zero-order valence-electron chi connectivity index (χ0n) is 22.1. The molecular formula is C29H27F3N6O2. The van der Waals surface area contributed by atoms with Gasteiger partial charge < -0.3 is 20.1 Å². The number of nitrogens with one attached hydrogen (secondary N) is 2. The van der Waals surface area contributed by atoms with E-state index in [4.69, 9.17) is 0 Å². The molecule has 0 bridgehead atoms. The lowest BCUT2D eigenvalue weighted by molar-refractivity contribution is -0.137. The molecule has 40 heavy (non-hydrogen) atoms. The summed E-state index contributed by atoms with van der Waals surface area (Å²) in [5.41, 5.74) is 1.44. The van der Waals surface area contributed by atoms with Gasteiger partial charge in [-0.1, -0.05) is 12.1 Å². The fraction of sp³-hybridized carbons (Fsp3) is 0.207. The van der Waals surface area contributed by atoms with Crippen molar-refractivity contribution in [2.24, 2.45) is 7.05 Å². The van der Waals surface area contributed by atoms with Crippen LogP contribution < -0.4 is 16.2 Å². The monoisotopic (exact) mass is 548 g/mol. The Labute approximate surface area is 227 Å². The minimum absolute atomic E-state index is 0.0127. The maximum atomic E-state index is 13.5. The Morgan fingerprint density at radius 1 is 1.00 bits per heavy atom. The molecule has 2 N–H and O–H groups in total. The molecule has 8 nitrogen and oxygen atoms in total. The molecule has 0 aliphatic heterocycles. The number of carbonyl (C=O) groups is 1. The van der Waals surface area contributed by atoms with Crippen LogP contribution in [-0.2, 0) is 31.1 Å². The van der Waals surface area contributed by atoms with Gasteiger partial charge >= 0.3 is 6.18 Å². The molecule has 2 aromatic heterocycles. The van der Waals surface area contributed by atoms with E-state index in [9.17, 15) is 22.8 Å². The predicted octanol–water partition coefficient (Wildman–Crippen LogP) is 5.35. The third-order valence-electron chi connectivity index (χ3n) is 6.45. The number of hydrogen-bond acceptors (Lipinski definition) is 5. The van der Waals surface area contributed by atoms with Crippen LogP contribution in [0, 0.1) is 0 Å². The van der Waals surface area contributed by atoms with Crippen molar-refractivity contribution in [1.29, 1.82) is 0 Å². The van der Waals surface area contributed by atoms with Crippen molar-refractivity contribution in [1.82, 2.24) is 19.2 Å². The minimum Gasteiger partial charge on any atom is -0.355 e. The zero-order chi connectivity index (χ0) is 28.6. The van der Waals surface area contributed by atoms with Crippen molar-refractivity contribution >= 4 is 44.6 Å². The first kappa shape index (κ1) is 26.9. The second-order valence-corrected chi connectivity index (χ2v) is 9.89. The Balaban J connectivity index is 1.42. The third-order valence-corrected chi connectivity index (χ3v) is 6.45. The summed E-state index contributed by atoms with van der Waals surface area (Å²) in [5, 5.41) is 12.1. The summed E-state index contributed by atoms with van der Waals surface area (Å²) in [4.78, 5) is 28.1. The van der Waals surface area contributed by atoms with Crippen molar-refractivity contribution in [2.45, 2.75) is 19.3 Å². The molecule has 5 aromatic rings. The summed E-state index contributed by atoms with van der Waals surface area (Å²) < 4.78 is 43.4. The third kappa shape index (κ3) is 5.69. The smallest absolute Gasteiger partial charge is 0.355 e. The molecule has 206 valence electrons. The first-order valence-corrected chi connectivity index (χ1v) is 12.4. The molecule has 0 radical (unpaired) electrons. The molecule has 0 aliphatic rings. The summed E-state index contributed by atoms with van der Waals surface area (Å²) in [5.74, 6) is -0.621. The Hall–Kier alpha value is -4.64. The van der Waals surface area contributed by atoms with Crippen LogP contribution >= 0.6 is 0 Å². The molecule has 5 rings (SSSR count). The number of alkyl halides is 3. The van der Waals surface area contributed by atoms with Crippen LogP contribution in [0.4, 0.5) is 30.2 Å². The van der Waals surface area contributed by atoms with E-state index in [0.29, 0.717) is 22.0 Å². The van der Waals surface area contributed by atoms with Crippen LogP contribution in [0.1, 0.15) is 11.1 Å². The lowest BCUT2D eigenvalue weighted by atomic mass is 10.1. The normalized spacial score (nSPS) is 11.9. The molecule has 0 atom stereocenters. The molecule has 0 saturated heterocycles. The van der Waals surface area contributed by atoms with Gasteiger partial charge in [0.2, 0.25) is 5.91 Å². The highest BCUT2D eigenvalue weighted by Gasteiger charge is 2.31. The highest BCUT2D eigenvalue weighted by Crippen LogP contribution is 2.32. The van der Waals surface area contributed by atoms with Crippen molar-refractivity contribution in [2.75, 3.05) is 24.7 Å². The Kier molecular flexibility index (Phi) is 7.07. The average molecular weight is 549 g/mol. The van der Waals surface area contributed by atoms with Crippen LogP contribution in [0.3, 0.4) is 0 Å². The standard InChI is InChI=1S/C29H27F3N6O2/c1-36(2)16-18-11-21(29(30,31)32)14-23(12-18)35-26(39)17-38-10-9-19-5-4-6-24(27(19)28(38)40)34-22-7-8-25-20(13-22)15-33-37(25)3/h4-15,34H,16-17H2,1-3H3,(H,35,39). The topological polar surface area (TPSA) is 84.2 Å². The fourth-order valence-corrected chi connectivity index (χ4v) is 4.69. The second kappa shape index (κ2) is 10.5. The van der Waals surface area contributed by atoms with E-state index in [2.05, 4.69) is 15.7 Å². The van der Waals surface area contributed by atoms with Gasteiger partial charge in [0, 0.05) is 36.6 Å². The van der Waals surface area contributed by atoms with E-state index < -0.39 is 23.2 Å². The van der Waals surface area contributed by atoms with Crippen LogP contribution in [-0.4, -0.2) is 39.3 Å². The maximum Gasteiger partial charge on any atom is 0.416 e. The van der Waals surface area contributed by atoms with Gasteiger partial charge in [-0.05, 0) is 73.6 Å². The van der Waals surface area contributed by atoms with Gasteiger partial charge in [-0.3, -0.25) is 14.3 Å². The zero-order valence-corrected chi connectivity index (χ0v) is 22.1. The van der Waals surface area contributed by atoms with E-state index >= 15 is 0 Å². The van der Waals surface area contributed by atoms with E-state index in [1.54, 1.807) is 48.1 Å². The van der Waals surface area contributed by atoms with Crippen molar-refractivity contribution in [3.63, 3.8) is 0 Å². The number of halogens is 3. The van der Waals surface area contributed by atoms with Crippen LogP contribution in [0.2, 0.25) is 0 Å². The number of anilines is 3. The Bertz CT molecular complexity index is 1790. The molecule has 3 aromatic carbocycles. The van der Waals surface area contributed by atoms with Gasteiger partial charge in [-0.15, -0.1) is 0 Å². The quantitative estimate of drug-likeness (QED) is 0.287. The molecule has 0 unspecified atom stereocenters. The summed E-state index contributed by atoms with van der Waals surface area (Å²) in [6.07, 6.45) is -1.32. The number of nitrogens with zero attached hydrogens (tertiary/aromatic N) is 4. The fourth-order valence-electron chi connectivity index (χ4n) is 4.69. The van der Waals surface area contributed by atoms with Gasteiger partial charge in [0.15, 0.2) is 0 Å². The first-order valence-electron chi connectivity index (χ1n) is 12.4. The minimum atomic E-state index is -4.57. The highest BCUT2D eigenvalue weighted by molar-refractivity contribution is 5.96. The van der Waals surface area contributed by atoms with Crippen molar-refractivity contribution < 1.29 is 18.0 Å². The summed E-state index contributed by atoms with van der Waals surface area (Å²) in [7, 11) is 5.34. The summed E-state index contributed by atoms with van der Waals surface area (Å²) >= 11 is 0. The van der Waals surface area contributed by atoms with Crippen LogP contribution in [0.15, 0.2) is 77.9 Å². The number of amides is 1. The van der Waals surface area contributed by atoms with Crippen LogP contribution in [0.5, 0.6) is 0 Å². The SMILES string of the molecule is CN(C)Cc1cc(NC(=O)Cn2ccc3cccc(Nc4ccc5c(cnn5C)c4)c3c2=O)cc(C(F)(F)F)c1. The number of hydrogen-bond donors (Lipinski definition) is 2. The van der Waals surface area contributed by atoms with E-state index in [0.717, 1.165) is 28.7 Å². The van der Waals surface area contributed by atoms with Crippen LogP contribution in [0.25, 0.3) is 21.7 Å². The second-order valence-electron chi connectivity index (χ2n) is 9.89. The predicted molar refractivity (Wildman–Crippen MR) is 150 cm³/mol. The average Bonchev–Trinajstić information content (AvgIpc) is 3.24. The largest absolute Gasteiger partial charge is 0.416 e. The maximum absolute atomic E-state index is 13.5. The Morgan fingerprint density at radius 2 is 1.80 bits per heavy atom.